The van der Waals surface area contributed by atoms with E-state index in [4.69, 9.17) is 5.11 Å². The minimum absolute atomic E-state index is 0.0260. The second kappa shape index (κ2) is 4.10. The molecule has 0 atom stereocenters. The van der Waals surface area contributed by atoms with E-state index < -0.39 is 28.9 Å². The van der Waals surface area contributed by atoms with Crippen molar-refractivity contribution >= 4 is 5.97 Å². The standard InChI is InChI=1S/C11H8F2N2O3/c1-15-7(4-6(14-15)11(17)18)9-8(16)3-2-5(12)10(9)13/h2-4,16H,1H3,(H,17,18). The molecule has 5 nitrogen and oxygen atoms in total. The van der Waals surface area contributed by atoms with E-state index in [2.05, 4.69) is 5.10 Å². The number of aromatic carboxylic acids is 1. The number of carboxylic acids is 1. The van der Waals surface area contributed by atoms with Crippen LogP contribution in [0.25, 0.3) is 11.3 Å². The summed E-state index contributed by atoms with van der Waals surface area (Å²) < 4.78 is 27.8. The summed E-state index contributed by atoms with van der Waals surface area (Å²) in [7, 11) is 1.37. The molecule has 0 amide bonds. The van der Waals surface area contributed by atoms with Crippen LogP contribution in [0, 0.1) is 11.6 Å². The molecule has 2 rings (SSSR count). The Morgan fingerprint density at radius 2 is 2.06 bits per heavy atom. The second-order valence-electron chi connectivity index (χ2n) is 3.60. The van der Waals surface area contributed by atoms with Gasteiger partial charge in [-0.3, -0.25) is 4.68 Å². The van der Waals surface area contributed by atoms with Gasteiger partial charge in [-0.2, -0.15) is 5.10 Å². The van der Waals surface area contributed by atoms with Crippen molar-refractivity contribution in [2.24, 2.45) is 7.05 Å². The molecule has 7 heteroatoms. The number of halogens is 2. The highest BCUT2D eigenvalue weighted by molar-refractivity contribution is 5.87. The zero-order chi connectivity index (χ0) is 13.4. The molecule has 18 heavy (non-hydrogen) atoms. The summed E-state index contributed by atoms with van der Waals surface area (Å²) >= 11 is 0. The Morgan fingerprint density at radius 1 is 1.39 bits per heavy atom. The molecule has 2 aromatic rings. The van der Waals surface area contributed by atoms with Crippen molar-refractivity contribution < 1.29 is 23.8 Å². The molecular formula is C11H8F2N2O3. The highest BCUT2D eigenvalue weighted by atomic mass is 19.2. The highest BCUT2D eigenvalue weighted by Crippen LogP contribution is 2.33. The van der Waals surface area contributed by atoms with Gasteiger partial charge < -0.3 is 10.2 Å². The zero-order valence-electron chi connectivity index (χ0n) is 9.19. The van der Waals surface area contributed by atoms with Crippen LogP contribution in [0.1, 0.15) is 10.5 Å². The summed E-state index contributed by atoms with van der Waals surface area (Å²) in [4.78, 5) is 10.7. The van der Waals surface area contributed by atoms with Gasteiger partial charge in [-0.25, -0.2) is 13.6 Å². The molecule has 0 spiro atoms. The van der Waals surface area contributed by atoms with Crippen LogP contribution in [0.15, 0.2) is 18.2 Å². The van der Waals surface area contributed by atoms with E-state index in [-0.39, 0.29) is 11.4 Å². The van der Waals surface area contributed by atoms with Gasteiger partial charge in [0.15, 0.2) is 17.3 Å². The Labute approximate surface area is 99.9 Å². The maximum absolute atomic E-state index is 13.6. The Balaban J connectivity index is 2.69. The van der Waals surface area contributed by atoms with Crippen molar-refractivity contribution in [1.29, 1.82) is 0 Å². The van der Waals surface area contributed by atoms with Gasteiger partial charge in [-0.1, -0.05) is 0 Å². The van der Waals surface area contributed by atoms with E-state index in [1.807, 2.05) is 0 Å². The number of carboxylic acid groups (broad SMARTS) is 1. The van der Waals surface area contributed by atoms with Crippen LogP contribution in [0.4, 0.5) is 8.78 Å². The summed E-state index contributed by atoms with van der Waals surface area (Å²) in [5, 5.41) is 21.9. The summed E-state index contributed by atoms with van der Waals surface area (Å²) in [5.74, 6) is -4.18. The molecule has 0 radical (unpaired) electrons. The van der Waals surface area contributed by atoms with Gasteiger partial charge >= 0.3 is 5.97 Å². The average molecular weight is 254 g/mol. The molecule has 0 fully saturated rings. The summed E-state index contributed by atoms with van der Waals surface area (Å²) in [6.07, 6.45) is 0. The van der Waals surface area contributed by atoms with Crippen LogP contribution in [0.2, 0.25) is 0 Å². The molecule has 2 N–H and O–H groups in total. The van der Waals surface area contributed by atoms with Gasteiger partial charge in [0.25, 0.3) is 0 Å². The lowest BCUT2D eigenvalue weighted by Gasteiger charge is -2.06. The van der Waals surface area contributed by atoms with Gasteiger partial charge in [0.05, 0.1) is 11.3 Å². The summed E-state index contributed by atoms with van der Waals surface area (Å²) in [6, 6.07) is 2.82. The van der Waals surface area contributed by atoms with Crippen molar-refractivity contribution in [1.82, 2.24) is 9.78 Å². The molecule has 1 aromatic carbocycles. The first-order valence-corrected chi connectivity index (χ1v) is 4.86. The summed E-state index contributed by atoms with van der Waals surface area (Å²) in [6.45, 7) is 0. The fourth-order valence-electron chi connectivity index (χ4n) is 1.59. The quantitative estimate of drug-likeness (QED) is 0.856. The predicted octanol–water partition coefficient (Wildman–Crippen LogP) is 1.77. The minimum Gasteiger partial charge on any atom is -0.507 e. The lowest BCUT2D eigenvalue weighted by Crippen LogP contribution is -2.00. The number of aryl methyl sites for hydroxylation is 1. The van der Waals surface area contributed by atoms with Crippen LogP contribution in [-0.2, 0) is 7.05 Å². The zero-order valence-corrected chi connectivity index (χ0v) is 9.19. The molecule has 0 saturated carbocycles. The number of rotatable bonds is 2. The normalized spacial score (nSPS) is 10.6. The van der Waals surface area contributed by atoms with E-state index in [1.165, 1.54) is 7.05 Å². The number of aromatic hydroxyl groups is 1. The molecule has 0 aliphatic heterocycles. The van der Waals surface area contributed by atoms with Gasteiger partial charge in [0.1, 0.15) is 5.75 Å². The lowest BCUT2D eigenvalue weighted by molar-refractivity contribution is 0.0689. The molecule has 1 heterocycles. The van der Waals surface area contributed by atoms with E-state index in [0.29, 0.717) is 0 Å². The number of nitrogens with zero attached hydrogens (tertiary/aromatic N) is 2. The molecule has 0 saturated heterocycles. The first-order valence-electron chi connectivity index (χ1n) is 4.86. The van der Waals surface area contributed by atoms with Gasteiger partial charge in [-0.15, -0.1) is 0 Å². The van der Waals surface area contributed by atoms with Crippen molar-refractivity contribution in [3.63, 3.8) is 0 Å². The third kappa shape index (κ3) is 1.79. The molecule has 0 aliphatic rings. The van der Waals surface area contributed by atoms with Crippen molar-refractivity contribution in [3.05, 3.63) is 35.5 Å². The van der Waals surface area contributed by atoms with Gasteiger partial charge in [-0.05, 0) is 18.2 Å². The van der Waals surface area contributed by atoms with Crippen molar-refractivity contribution in [2.45, 2.75) is 0 Å². The lowest BCUT2D eigenvalue weighted by atomic mass is 10.1. The van der Waals surface area contributed by atoms with E-state index in [1.54, 1.807) is 0 Å². The maximum atomic E-state index is 13.6. The monoisotopic (exact) mass is 254 g/mol. The fourth-order valence-corrected chi connectivity index (χ4v) is 1.59. The Morgan fingerprint density at radius 3 is 2.61 bits per heavy atom. The predicted molar refractivity (Wildman–Crippen MR) is 57.2 cm³/mol. The molecule has 0 bridgehead atoms. The van der Waals surface area contributed by atoms with Crippen molar-refractivity contribution in [3.8, 4) is 17.0 Å². The number of aromatic nitrogens is 2. The van der Waals surface area contributed by atoms with Crippen LogP contribution in [0.5, 0.6) is 5.75 Å². The Kier molecular flexibility index (Phi) is 2.74. The van der Waals surface area contributed by atoms with Gasteiger partial charge in [0.2, 0.25) is 0 Å². The van der Waals surface area contributed by atoms with Crippen LogP contribution in [-0.4, -0.2) is 26.0 Å². The molecule has 1 aromatic heterocycles. The number of benzene rings is 1. The van der Waals surface area contributed by atoms with Crippen molar-refractivity contribution in [2.75, 3.05) is 0 Å². The van der Waals surface area contributed by atoms with Crippen LogP contribution in [0.3, 0.4) is 0 Å². The van der Waals surface area contributed by atoms with Gasteiger partial charge in [0, 0.05) is 7.05 Å². The number of phenolic OH excluding ortho intramolecular Hbond substituents is 1. The summed E-state index contributed by atoms with van der Waals surface area (Å²) in [5.41, 5.74) is -0.769. The highest BCUT2D eigenvalue weighted by Gasteiger charge is 2.20. The van der Waals surface area contributed by atoms with E-state index in [9.17, 15) is 18.7 Å². The molecular weight excluding hydrogens is 246 g/mol. The Hall–Kier alpha value is -2.44. The maximum Gasteiger partial charge on any atom is 0.356 e. The third-order valence-electron chi connectivity index (χ3n) is 2.43. The SMILES string of the molecule is Cn1nc(C(=O)O)cc1-c1c(O)ccc(F)c1F. The minimum atomic E-state index is -1.30. The van der Waals surface area contributed by atoms with E-state index >= 15 is 0 Å². The fraction of sp³-hybridized carbons (Fsp3) is 0.0909. The number of hydrogen-bond acceptors (Lipinski definition) is 3. The third-order valence-corrected chi connectivity index (χ3v) is 2.43. The van der Waals surface area contributed by atoms with Crippen LogP contribution >= 0.6 is 0 Å². The Bertz CT molecular complexity index is 637. The molecule has 94 valence electrons. The first-order chi connectivity index (χ1) is 8.41. The smallest absolute Gasteiger partial charge is 0.356 e. The van der Waals surface area contributed by atoms with Crippen LogP contribution < -0.4 is 0 Å². The number of carbonyl (C=O) groups is 1. The largest absolute Gasteiger partial charge is 0.507 e. The number of hydrogen-bond donors (Lipinski definition) is 2. The average Bonchev–Trinajstić information content (AvgIpc) is 2.67. The molecule has 0 aliphatic carbocycles. The second-order valence-corrected chi connectivity index (χ2v) is 3.60. The topological polar surface area (TPSA) is 75.4 Å². The first kappa shape index (κ1) is 12.0. The van der Waals surface area contributed by atoms with E-state index in [0.717, 1.165) is 22.9 Å². The molecule has 0 unspecified atom stereocenters. The number of phenols is 1.